The Labute approximate surface area is 240 Å². The highest BCUT2D eigenvalue weighted by atomic mass is 19.1. The fourth-order valence-corrected chi connectivity index (χ4v) is 4.82. The van der Waals surface area contributed by atoms with Gasteiger partial charge in [0.25, 0.3) is 0 Å². The number of pyridine rings is 2. The van der Waals surface area contributed by atoms with Crippen LogP contribution in [-0.2, 0) is 4.74 Å². The molecule has 0 atom stereocenters. The van der Waals surface area contributed by atoms with Gasteiger partial charge in [0.15, 0.2) is 11.6 Å². The maximum absolute atomic E-state index is 15.7. The number of methoxy groups -OCH3 is 1. The fraction of sp³-hybridized carbons (Fsp3) is 0.452. The van der Waals surface area contributed by atoms with Gasteiger partial charge < -0.3 is 25.0 Å². The minimum absolute atomic E-state index is 0.0520. The molecule has 2 aromatic heterocycles. The summed E-state index contributed by atoms with van der Waals surface area (Å²) in [6.45, 7) is 12.5. The van der Waals surface area contributed by atoms with Crippen molar-refractivity contribution >= 4 is 23.3 Å². The second-order valence-electron chi connectivity index (χ2n) is 11.6. The van der Waals surface area contributed by atoms with Crippen molar-refractivity contribution in [3.8, 4) is 17.0 Å². The Kier molecular flexibility index (Phi) is 8.99. The normalized spacial score (nSPS) is 14.2. The summed E-state index contributed by atoms with van der Waals surface area (Å²) < 4.78 is 41.5. The van der Waals surface area contributed by atoms with E-state index >= 15 is 4.39 Å². The first-order valence-corrected chi connectivity index (χ1v) is 13.9. The number of benzene rings is 1. The Bertz CT molecular complexity index is 1400. The number of piperidine rings is 1. The van der Waals surface area contributed by atoms with E-state index < -0.39 is 17.2 Å². The summed E-state index contributed by atoms with van der Waals surface area (Å²) in [7, 11) is 1.41. The standard InChI is InChI=1S/C31H39F2N5O3/c1-18(2)26-27(19(3)11-14-34-26)36-29-23(35-20-12-15-38(16-13-20)30(39)41-31(4,5)6)17-22(33)28(37-29)25-21(32)9-8-10-24(25)40-7/h8-11,14,17-18,20,35H,12-13,15-16H2,1-7H3,(H,36,37). The zero-order valence-corrected chi connectivity index (χ0v) is 24.8. The summed E-state index contributed by atoms with van der Waals surface area (Å²) in [5.41, 5.74) is 2.16. The Hall–Kier alpha value is -3.95. The van der Waals surface area contributed by atoms with E-state index in [1.165, 1.54) is 25.3 Å². The molecular weight excluding hydrogens is 528 g/mol. The number of aryl methyl sites for hydroxylation is 1. The lowest BCUT2D eigenvalue weighted by atomic mass is 10.0. The monoisotopic (exact) mass is 567 g/mol. The molecule has 0 saturated carbocycles. The number of likely N-dealkylation sites (tertiary alicyclic amines) is 1. The molecule has 8 nitrogen and oxygen atoms in total. The number of hydrogen-bond donors (Lipinski definition) is 2. The first kappa shape index (κ1) is 30.0. The van der Waals surface area contributed by atoms with E-state index in [2.05, 4.69) is 20.6 Å². The molecule has 1 amide bonds. The minimum Gasteiger partial charge on any atom is -0.496 e. The van der Waals surface area contributed by atoms with Crippen LogP contribution in [0.5, 0.6) is 5.75 Å². The van der Waals surface area contributed by atoms with Gasteiger partial charge in [0.05, 0.1) is 29.7 Å². The molecule has 1 aliphatic heterocycles. The molecule has 0 aliphatic carbocycles. The lowest BCUT2D eigenvalue weighted by Gasteiger charge is -2.34. The van der Waals surface area contributed by atoms with Crippen LogP contribution in [0.1, 0.15) is 64.6 Å². The molecule has 0 bridgehead atoms. The minimum atomic E-state index is -0.695. The van der Waals surface area contributed by atoms with E-state index in [0.717, 1.165) is 16.9 Å². The van der Waals surface area contributed by atoms with Crippen LogP contribution >= 0.6 is 0 Å². The quantitative estimate of drug-likeness (QED) is 0.307. The molecule has 1 aliphatic rings. The van der Waals surface area contributed by atoms with Crippen molar-refractivity contribution in [3.05, 3.63) is 59.4 Å². The van der Waals surface area contributed by atoms with Gasteiger partial charge in [0, 0.05) is 31.4 Å². The van der Waals surface area contributed by atoms with E-state index in [9.17, 15) is 9.18 Å². The number of carbonyl (C=O) groups is 1. The van der Waals surface area contributed by atoms with Gasteiger partial charge in [-0.2, -0.15) is 0 Å². The van der Waals surface area contributed by atoms with E-state index in [1.54, 1.807) is 17.2 Å². The van der Waals surface area contributed by atoms with Gasteiger partial charge in [-0.05, 0) is 70.2 Å². The smallest absolute Gasteiger partial charge is 0.410 e. The number of anilines is 3. The molecule has 3 aromatic rings. The number of hydrogen-bond acceptors (Lipinski definition) is 7. The van der Waals surface area contributed by atoms with Crippen molar-refractivity contribution in [2.45, 2.75) is 71.9 Å². The highest BCUT2D eigenvalue weighted by Crippen LogP contribution is 2.38. The molecule has 220 valence electrons. The molecule has 1 aromatic carbocycles. The summed E-state index contributed by atoms with van der Waals surface area (Å²) in [6.07, 6.45) is 2.67. The predicted octanol–water partition coefficient (Wildman–Crippen LogP) is 7.42. The van der Waals surface area contributed by atoms with Crippen LogP contribution < -0.4 is 15.4 Å². The van der Waals surface area contributed by atoms with Gasteiger partial charge in [-0.15, -0.1) is 0 Å². The van der Waals surface area contributed by atoms with Crippen molar-refractivity contribution in [2.24, 2.45) is 0 Å². The van der Waals surface area contributed by atoms with Crippen LogP contribution in [0.25, 0.3) is 11.3 Å². The van der Waals surface area contributed by atoms with Crippen LogP contribution in [0.15, 0.2) is 36.5 Å². The third kappa shape index (κ3) is 7.04. The molecule has 4 rings (SSSR count). The highest BCUT2D eigenvalue weighted by Gasteiger charge is 2.28. The molecule has 0 radical (unpaired) electrons. The van der Waals surface area contributed by atoms with Crippen molar-refractivity contribution < 1.29 is 23.0 Å². The molecule has 1 saturated heterocycles. The molecule has 3 heterocycles. The summed E-state index contributed by atoms with van der Waals surface area (Å²) in [5.74, 6) is -0.716. The SMILES string of the molecule is COc1cccc(F)c1-c1nc(Nc2c(C)ccnc2C(C)C)c(NC2CCN(C(=O)OC(C)(C)C)CC2)cc1F. The number of nitrogens with one attached hydrogen (secondary N) is 2. The van der Waals surface area contributed by atoms with Gasteiger partial charge in [-0.1, -0.05) is 19.9 Å². The third-order valence-electron chi connectivity index (χ3n) is 6.89. The number of rotatable bonds is 7. The summed E-state index contributed by atoms with van der Waals surface area (Å²) in [6, 6.07) is 7.49. The number of ether oxygens (including phenoxy) is 2. The largest absolute Gasteiger partial charge is 0.496 e. The molecule has 41 heavy (non-hydrogen) atoms. The molecular formula is C31H39F2N5O3. The van der Waals surface area contributed by atoms with Crippen molar-refractivity contribution in [1.82, 2.24) is 14.9 Å². The summed E-state index contributed by atoms with van der Waals surface area (Å²) in [4.78, 5) is 23.4. The third-order valence-corrected chi connectivity index (χ3v) is 6.89. The molecule has 1 fully saturated rings. The zero-order valence-electron chi connectivity index (χ0n) is 24.8. The van der Waals surface area contributed by atoms with Gasteiger partial charge in [0.2, 0.25) is 0 Å². The maximum atomic E-state index is 15.7. The van der Waals surface area contributed by atoms with Crippen LogP contribution in [0.3, 0.4) is 0 Å². The van der Waals surface area contributed by atoms with Crippen molar-refractivity contribution in [1.29, 1.82) is 0 Å². The maximum Gasteiger partial charge on any atom is 0.410 e. The van der Waals surface area contributed by atoms with Crippen LogP contribution in [0, 0.1) is 18.6 Å². The molecule has 10 heteroatoms. The van der Waals surface area contributed by atoms with E-state index in [4.69, 9.17) is 9.47 Å². The van der Waals surface area contributed by atoms with E-state index in [-0.39, 0.29) is 35.1 Å². The fourth-order valence-electron chi connectivity index (χ4n) is 4.82. The van der Waals surface area contributed by atoms with Crippen molar-refractivity contribution in [2.75, 3.05) is 30.8 Å². The van der Waals surface area contributed by atoms with Gasteiger partial charge >= 0.3 is 6.09 Å². The number of aromatic nitrogens is 2. The summed E-state index contributed by atoms with van der Waals surface area (Å²) in [5, 5.41) is 6.80. The highest BCUT2D eigenvalue weighted by molar-refractivity contribution is 5.79. The Morgan fingerprint density at radius 2 is 1.83 bits per heavy atom. The Balaban J connectivity index is 1.70. The lowest BCUT2D eigenvalue weighted by molar-refractivity contribution is 0.0210. The molecule has 0 spiro atoms. The number of carbonyl (C=O) groups excluding carboxylic acids is 1. The number of nitrogens with zero attached hydrogens (tertiary/aromatic N) is 3. The first-order chi connectivity index (χ1) is 19.4. The van der Waals surface area contributed by atoms with E-state index in [1.807, 2.05) is 47.6 Å². The van der Waals surface area contributed by atoms with Gasteiger partial charge in [0.1, 0.15) is 22.9 Å². The molecule has 0 unspecified atom stereocenters. The average Bonchev–Trinajstić information content (AvgIpc) is 2.90. The Morgan fingerprint density at radius 1 is 1.12 bits per heavy atom. The van der Waals surface area contributed by atoms with E-state index in [0.29, 0.717) is 37.4 Å². The number of halogens is 2. The topological polar surface area (TPSA) is 88.6 Å². The van der Waals surface area contributed by atoms with Gasteiger partial charge in [-0.3, -0.25) is 4.98 Å². The van der Waals surface area contributed by atoms with Crippen LogP contribution in [0.4, 0.5) is 30.8 Å². The zero-order chi connectivity index (χ0) is 29.9. The van der Waals surface area contributed by atoms with Crippen LogP contribution in [-0.4, -0.2) is 52.8 Å². The average molecular weight is 568 g/mol. The van der Waals surface area contributed by atoms with Crippen molar-refractivity contribution in [3.63, 3.8) is 0 Å². The second kappa shape index (κ2) is 12.3. The number of amides is 1. The first-order valence-electron chi connectivity index (χ1n) is 13.9. The van der Waals surface area contributed by atoms with Crippen LogP contribution in [0.2, 0.25) is 0 Å². The second-order valence-corrected chi connectivity index (χ2v) is 11.6. The molecule has 2 N–H and O–H groups in total. The predicted molar refractivity (Wildman–Crippen MR) is 157 cm³/mol. The lowest BCUT2D eigenvalue weighted by Crippen LogP contribution is -2.44. The summed E-state index contributed by atoms with van der Waals surface area (Å²) >= 11 is 0. The Morgan fingerprint density at radius 3 is 2.46 bits per heavy atom. The van der Waals surface area contributed by atoms with Gasteiger partial charge in [-0.25, -0.2) is 18.6 Å².